The fraction of sp³-hybridized carbons (Fsp3) is 0.333. The maximum absolute atomic E-state index is 11.7. The number of anilines is 2. The fourth-order valence-electron chi connectivity index (χ4n) is 1.52. The summed E-state index contributed by atoms with van der Waals surface area (Å²) in [4.78, 5) is 13.5. The molecule has 1 rings (SSSR count). The predicted octanol–water partition coefficient (Wildman–Crippen LogP) is 1.15. The first-order valence-electron chi connectivity index (χ1n) is 5.51. The molecule has 1 amide bonds. The van der Waals surface area contributed by atoms with Crippen LogP contribution in [0.1, 0.15) is 5.56 Å². The molecule has 1 aromatic carbocycles. The van der Waals surface area contributed by atoms with Crippen LogP contribution in [0, 0.1) is 6.92 Å². The van der Waals surface area contributed by atoms with E-state index in [2.05, 4.69) is 10.6 Å². The van der Waals surface area contributed by atoms with Gasteiger partial charge in [0.05, 0.1) is 6.54 Å². The Kier molecular flexibility index (Phi) is 5.06. The van der Waals surface area contributed by atoms with Crippen molar-refractivity contribution in [3.05, 3.63) is 23.8 Å². The van der Waals surface area contributed by atoms with Crippen molar-refractivity contribution in [2.24, 2.45) is 5.73 Å². The third-order valence-corrected chi connectivity index (χ3v) is 2.43. The summed E-state index contributed by atoms with van der Waals surface area (Å²) >= 11 is 4.80. The summed E-state index contributed by atoms with van der Waals surface area (Å²) in [5.41, 5.74) is 7.89. The minimum atomic E-state index is -0.0597. The van der Waals surface area contributed by atoms with Crippen LogP contribution in [0.15, 0.2) is 18.2 Å². The number of thiocarbonyl (C=S) groups is 1. The van der Waals surface area contributed by atoms with Crippen molar-refractivity contribution in [1.29, 1.82) is 0 Å². The van der Waals surface area contributed by atoms with Crippen molar-refractivity contribution in [2.75, 3.05) is 31.3 Å². The van der Waals surface area contributed by atoms with Crippen LogP contribution < -0.4 is 16.4 Å². The molecule has 0 fully saturated rings. The summed E-state index contributed by atoms with van der Waals surface area (Å²) in [6.45, 7) is 2.23. The predicted molar refractivity (Wildman–Crippen MR) is 78.8 cm³/mol. The first-order valence-corrected chi connectivity index (χ1v) is 5.91. The van der Waals surface area contributed by atoms with Crippen molar-refractivity contribution in [1.82, 2.24) is 4.90 Å². The molecule has 5 nitrogen and oxygen atoms in total. The Morgan fingerprint density at radius 3 is 2.39 bits per heavy atom. The highest BCUT2D eigenvalue weighted by Crippen LogP contribution is 2.23. The number of hydrogen-bond acceptors (Lipinski definition) is 3. The van der Waals surface area contributed by atoms with Gasteiger partial charge in [-0.2, -0.15) is 0 Å². The van der Waals surface area contributed by atoms with E-state index >= 15 is 0 Å². The van der Waals surface area contributed by atoms with E-state index in [4.69, 9.17) is 18.0 Å². The van der Waals surface area contributed by atoms with Gasteiger partial charge in [-0.05, 0) is 50.9 Å². The minimum absolute atomic E-state index is 0.0597. The third kappa shape index (κ3) is 4.31. The van der Waals surface area contributed by atoms with Crippen molar-refractivity contribution in [3.8, 4) is 0 Å². The monoisotopic (exact) mass is 266 g/mol. The summed E-state index contributed by atoms with van der Waals surface area (Å²) in [6.07, 6.45) is 0. The number of nitrogens with one attached hydrogen (secondary N) is 2. The van der Waals surface area contributed by atoms with Crippen molar-refractivity contribution < 1.29 is 4.79 Å². The second-order valence-electron chi connectivity index (χ2n) is 4.25. The van der Waals surface area contributed by atoms with Crippen LogP contribution in [-0.2, 0) is 4.79 Å². The molecule has 0 aromatic heterocycles. The lowest BCUT2D eigenvalue weighted by atomic mass is 10.1. The highest BCUT2D eigenvalue weighted by molar-refractivity contribution is 7.80. The summed E-state index contributed by atoms with van der Waals surface area (Å²) in [5.74, 6) is -0.0597. The average molecular weight is 266 g/mol. The number of benzene rings is 1. The van der Waals surface area contributed by atoms with E-state index in [0.717, 1.165) is 16.9 Å². The minimum Gasteiger partial charge on any atom is -0.376 e. The Labute approximate surface area is 112 Å². The molecule has 0 saturated heterocycles. The molecule has 0 atom stereocenters. The van der Waals surface area contributed by atoms with Gasteiger partial charge in [0.25, 0.3) is 0 Å². The Balaban J connectivity index is 2.83. The van der Waals surface area contributed by atoms with E-state index < -0.39 is 0 Å². The SMILES string of the molecule is Cc1c(NC(=O)CN(C)C)cccc1NC(N)=S. The zero-order valence-corrected chi connectivity index (χ0v) is 11.6. The maximum atomic E-state index is 11.7. The summed E-state index contributed by atoms with van der Waals surface area (Å²) in [6, 6.07) is 5.53. The first-order chi connectivity index (χ1) is 8.40. The Morgan fingerprint density at radius 1 is 1.33 bits per heavy atom. The number of carbonyl (C=O) groups excluding carboxylic acids is 1. The van der Waals surface area contributed by atoms with Gasteiger partial charge >= 0.3 is 0 Å². The zero-order chi connectivity index (χ0) is 13.7. The smallest absolute Gasteiger partial charge is 0.238 e. The second kappa shape index (κ2) is 6.32. The van der Waals surface area contributed by atoms with E-state index in [1.165, 1.54) is 0 Å². The molecule has 0 radical (unpaired) electrons. The van der Waals surface area contributed by atoms with Crippen LogP contribution in [-0.4, -0.2) is 36.6 Å². The molecule has 0 heterocycles. The van der Waals surface area contributed by atoms with Gasteiger partial charge in [-0.25, -0.2) is 0 Å². The highest BCUT2D eigenvalue weighted by Gasteiger charge is 2.08. The topological polar surface area (TPSA) is 70.4 Å². The van der Waals surface area contributed by atoms with E-state index in [0.29, 0.717) is 6.54 Å². The lowest BCUT2D eigenvalue weighted by molar-refractivity contribution is -0.116. The Hall–Kier alpha value is -1.66. The van der Waals surface area contributed by atoms with Gasteiger partial charge in [0, 0.05) is 11.4 Å². The number of nitrogens with zero attached hydrogens (tertiary/aromatic N) is 1. The highest BCUT2D eigenvalue weighted by atomic mass is 32.1. The van der Waals surface area contributed by atoms with Gasteiger partial charge in [0.2, 0.25) is 5.91 Å². The number of rotatable bonds is 4. The number of hydrogen-bond donors (Lipinski definition) is 3. The van der Waals surface area contributed by atoms with Gasteiger partial charge in [-0.3, -0.25) is 4.79 Å². The molecule has 0 saturated carbocycles. The first kappa shape index (κ1) is 14.4. The summed E-state index contributed by atoms with van der Waals surface area (Å²) in [5, 5.41) is 5.93. The molecule has 4 N–H and O–H groups in total. The standard InChI is InChI=1S/C12H18N4OS/c1-8-9(14-11(17)7-16(2)3)5-4-6-10(8)15-12(13)18/h4-6H,7H2,1-3H3,(H,14,17)(H3,13,15,18). The Morgan fingerprint density at radius 2 is 1.89 bits per heavy atom. The molecule has 0 unspecified atom stereocenters. The maximum Gasteiger partial charge on any atom is 0.238 e. The molecule has 98 valence electrons. The molecule has 0 bridgehead atoms. The van der Waals surface area contributed by atoms with Gasteiger partial charge < -0.3 is 21.3 Å². The van der Waals surface area contributed by atoms with Crippen LogP contribution in [0.4, 0.5) is 11.4 Å². The summed E-state index contributed by atoms with van der Waals surface area (Å²) in [7, 11) is 3.69. The molecule has 0 aliphatic heterocycles. The van der Waals surface area contributed by atoms with Gasteiger partial charge in [0.1, 0.15) is 0 Å². The van der Waals surface area contributed by atoms with Gasteiger partial charge in [-0.15, -0.1) is 0 Å². The normalized spacial score (nSPS) is 10.2. The van der Waals surface area contributed by atoms with E-state index in [-0.39, 0.29) is 11.0 Å². The molecular formula is C12H18N4OS. The van der Waals surface area contributed by atoms with E-state index in [1.54, 1.807) is 0 Å². The molecule has 0 spiro atoms. The largest absolute Gasteiger partial charge is 0.376 e. The quantitative estimate of drug-likeness (QED) is 0.713. The van der Waals surface area contributed by atoms with Gasteiger partial charge in [0.15, 0.2) is 5.11 Å². The summed E-state index contributed by atoms with van der Waals surface area (Å²) < 4.78 is 0. The number of carbonyl (C=O) groups is 1. The third-order valence-electron chi connectivity index (χ3n) is 2.33. The van der Waals surface area contributed by atoms with E-state index in [9.17, 15) is 4.79 Å². The molecule has 0 aliphatic rings. The number of amides is 1. The van der Waals surface area contributed by atoms with Crippen LogP contribution in [0.2, 0.25) is 0 Å². The Bertz CT molecular complexity index is 459. The van der Waals surface area contributed by atoms with Crippen LogP contribution >= 0.6 is 12.2 Å². The molecule has 0 aliphatic carbocycles. The van der Waals surface area contributed by atoms with E-state index in [1.807, 2.05) is 44.1 Å². The molecule has 18 heavy (non-hydrogen) atoms. The van der Waals surface area contributed by atoms with Crippen molar-refractivity contribution in [3.63, 3.8) is 0 Å². The molecular weight excluding hydrogens is 248 g/mol. The number of likely N-dealkylation sites (N-methyl/N-ethyl adjacent to an activating group) is 1. The molecule has 1 aromatic rings. The average Bonchev–Trinajstić information content (AvgIpc) is 2.22. The zero-order valence-electron chi connectivity index (χ0n) is 10.8. The lowest BCUT2D eigenvalue weighted by Gasteiger charge is -2.14. The van der Waals surface area contributed by atoms with Crippen molar-refractivity contribution >= 4 is 34.6 Å². The lowest BCUT2D eigenvalue weighted by Crippen LogP contribution is -2.27. The van der Waals surface area contributed by atoms with Crippen LogP contribution in [0.5, 0.6) is 0 Å². The van der Waals surface area contributed by atoms with Crippen molar-refractivity contribution in [2.45, 2.75) is 6.92 Å². The van der Waals surface area contributed by atoms with Gasteiger partial charge in [-0.1, -0.05) is 6.07 Å². The molecule has 6 heteroatoms. The van der Waals surface area contributed by atoms with Crippen LogP contribution in [0.25, 0.3) is 0 Å². The number of nitrogens with two attached hydrogens (primary N) is 1. The fourth-order valence-corrected chi connectivity index (χ4v) is 1.63. The van der Waals surface area contributed by atoms with Crippen LogP contribution in [0.3, 0.4) is 0 Å². The second-order valence-corrected chi connectivity index (χ2v) is 4.69.